The molecule has 178 valence electrons. The molecule has 3 heterocycles. The Morgan fingerprint density at radius 2 is 1.79 bits per heavy atom. The fraction of sp³-hybridized carbons (Fsp3) is 0.385. The van der Waals surface area contributed by atoms with Crippen LogP contribution in [0.15, 0.2) is 48.0 Å². The number of hydrogen-bond donors (Lipinski definition) is 3. The second kappa shape index (κ2) is 9.76. The number of aromatic nitrogens is 1. The van der Waals surface area contributed by atoms with Crippen molar-refractivity contribution in [1.29, 1.82) is 0 Å². The number of halogens is 1. The molecular weight excluding hydrogens is 472 g/mol. The van der Waals surface area contributed by atoms with Gasteiger partial charge in [-0.15, -0.1) is 11.3 Å². The molecule has 6 nitrogen and oxygen atoms in total. The standard InChI is InChI=1S/C26H27ClN2O4S/c27-22-9-16(26(33)29-7-4-18(32)5-8-29)1-2-19(22)24-11-17(14-34-24)15-3-6-28-23(10-15)25-20(12-30)21(25)13-31/h1-3,6,9-11,14,18,20-21,25,30-32H,4-5,7-8,12-13H2. The molecular formula is C26H27ClN2O4S. The predicted octanol–water partition coefficient (Wildman–Crippen LogP) is 4.04. The molecule has 2 fully saturated rings. The molecule has 5 rings (SSSR count). The summed E-state index contributed by atoms with van der Waals surface area (Å²) in [5, 5.41) is 31.4. The maximum Gasteiger partial charge on any atom is 0.253 e. The van der Waals surface area contributed by atoms with Gasteiger partial charge in [-0.25, -0.2) is 0 Å². The highest BCUT2D eigenvalue weighted by molar-refractivity contribution is 7.14. The lowest BCUT2D eigenvalue weighted by atomic mass is 10.0. The second-order valence-corrected chi connectivity index (χ2v) is 10.4. The number of aliphatic hydroxyl groups excluding tert-OH is 3. The van der Waals surface area contributed by atoms with E-state index in [1.165, 1.54) is 0 Å². The first kappa shape index (κ1) is 23.5. The number of likely N-dealkylation sites (tertiary alicyclic amines) is 1. The highest BCUT2D eigenvalue weighted by atomic mass is 35.5. The Balaban J connectivity index is 1.34. The number of pyridine rings is 1. The van der Waals surface area contributed by atoms with Crippen molar-refractivity contribution in [2.24, 2.45) is 11.8 Å². The fourth-order valence-corrected chi connectivity index (χ4v) is 6.22. The molecule has 2 unspecified atom stereocenters. The summed E-state index contributed by atoms with van der Waals surface area (Å²) in [6.07, 6.45) is 2.66. The maximum atomic E-state index is 12.8. The Morgan fingerprint density at radius 3 is 2.47 bits per heavy atom. The van der Waals surface area contributed by atoms with Crippen LogP contribution < -0.4 is 0 Å². The van der Waals surface area contributed by atoms with Crippen molar-refractivity contribution in [2.75, 3.05) is 26.3 Å². The van der Waals surface area contributed by atoms with Gasteiger partial charge in [0.1, 0.15) is 0 Å². The number of hydrogen-bond acceptors (Lipinski definition) is 6. The number of carbonyl (C=O) groups excluding carboxylic acids is 1. The first-order valence-corrected chi connectivity index (χ1v) is 12.8. The zero-order valence-corrected chi connectivity index (χ0v) is 20.2. The van der Waals surface area contributed by atoms with E-state index in [-0.39, 0.29) is 43.0 Å². The summed E-state index contributed by atoms with van der Waals surface area (Å²) in [5.41, 5.74) is 4.41. The van der Waals surface area contributed by atoms with Gasteiger partial charge in [-0.2, -0.15) is 0 Å². The minimum absolute atomic E-state index is 0.0565. The predicted molar refractivity (Wildman–Crippen MR) is 133 cm³/mol. The SMILES string of the molecule is O=C(c1ccc(-c2cc(-c3ccnc(C4C(CO)C4CO)c3)cs2)c(Cl)c1)N1CCC(O)CC1. The van der Waals surface area contributed by atoms with E-state index in [1.807, 2.05) is 24.3 Å². The van der Waals surface area contributed by atoms with Crippen LogP contribution in [-0.2, 0) is 0 Å². The maximum absolute atomic E-state index is 12.8. The molecule has 2 aliphatic rings. The van der Waals surface area contributed by atoms with Gasteiger partial charge >= 0.3 is 0 Å². The Labute approximate surface area is 207 Å². The lowest BCUT2D eigenvalue weighted by Crippen LogP contribution is -2.40. The fourth-order valence-electron chi connectivity index (χ4n) is 4.92. The summed E-state index contributed by atoms with van der Waals surface area (Å²) in [5.74, 6) is 0.177. The van der Waals surface area contributed by atoms with E-state index in [0.717, 1.165) is 27.3 Å². The lowest BCUT2D eigenvalue weighted by Gasteiger charge is -2.29. The molecule has 8 heteroatoms. The Bertz CT molecular complexity index is 1180. The zero-order valence-electron chi connectivity index (χ0n) is 18.6. The van der Waals surface area contributed by atoms with Gasteiger partial charge in [-0.3, -0.25) is 9.78 Å². The van der Waals surface area contributed by atoms with E-state index >= 15 is 0 Å². The molecule has 1 aromatic carbocycles. The summed E-state index contributed by atoms with van der Waals surface area (Å²) in [4.78, 5) is 20.1. The van der Waals surface area contributed by atoms with Gasteiger partial charge < -0.3 is 20.2 Å². The third-order valence-electron chi connectivity index (χ3n) is 7.04. The molecule has 1 saturated heterocycles. The number of rotatable bonds is 6. The Kier molecular flexibility index (Phi) is 6.73. The topological polar surface area (TPSA) is 93.9 Å². The molecule has 0 spiro atoms. The molecule has 1 amide bonds. The highest BCUT2D eigenvalue weighted by Crippen LogP contribution is 2.53. The summed E-state index contributed by atoms with van der Waals surface area (Å²) in [6, 6.07) is 11.5. The average Bonchev–Trinajstić information content (AvgIpc) is 3.38. The number of benzene rings is 1. The van der Waals surface area contributed by atoms with Crippen LogP contribution in [0.5, 0.6) is 0 Å². The van der Waals surface area contributed by atoms with Crippen molar-refractivity contribution in [3.05, 3.63) is 64.3 Å². The minimum atomic E-state index is -0.323. The third-order valence-corrected chi connectivity index (χ3v) is 8.32. The van der Waals surface area contributed by atoms with Gasteiger partial charge in [0.2, 0.25) is 0 Å². The Morgan fingerprint density at radius 1 is 1.06 bits per heavy atom. The molecule has 1 aliphatic heterocycles. The number of aliphatic hydroxyl groups is 3. The van der Waals surface area contributed by atoms with Crippen LogP contribution in [0.25, 0.3) is 21.6 Å². The average molecular weight is 499 g/mol. The smallest absolute Gasteiger partial charge is 0.253 e. The molecule has 3 N–H and O–H groups in total. The number of thiophene rings is 1. The molecule has 3 aromatic rings. The van der Waals surface area contributed by atoms with Crippen LogP contribution in [0.1, 0.15) is 34.8 Å². The van der Waals surface area contributed by atoms with Crippen LogP contribution in [0.3, 0.4) is 0 Å². The van der Waals surface area contributed by atoms with Crippen LogP contribution in [0.2, 0.25) is 5.02 Å². The molecule has 2 atom stereocenters. The molecule has 0 bridgehead atoms. The van der Waals surface area contributed by atoms with E-state index < -0.39 is 0 Å². The zero-order chi connectivity index (χ0) is 23.8. The number of nitrogens with zero attached hydrogens (tertiary/aromatic N) is 2. The van der Waals surface area contributed by atoms with E-state index in [2.05, 4.69) is 16.4 Å². The third kappa shape index (κ3) is 4.51. The van der Waals surface area contributed by atoms with Gasteiger partial charge in [0.25, 0.3) is 5.91 Å². The van der Waals surface area contributed by atoms with Gasteiger partial charge in [-0.1, -0.05) is 17.7 Å². The van der Waals surface area contributed by atoms with Crippen molar-refractivity contribution in [3.8, 4) is 21.6 Å². The largest absolute Gasteiger partial charge is 0.396 e. The normalized spacial score (nSPS) is 22.7. The minimum Gasteiger partial charge on any atom is -0.396 e. The number of carbonyl (C=O) groups is 1. The van der Waals surface area contributed by atoms with E-state index in [4.69, 9.17) is 11.6 Å². The summed E-state index contributed by atoms with van der Waals surface area (Å²) < 4.78 is 0. The van der Waals surface area contributed by atoms with Gasteiger partial charge in [0.05, 0.1) is 11.1 Å². The molecule has 0 radical (unpaired) electrons. The quantitative estimate of drug-likeness (QED) is 0.477. The highest BCUT2D eigenvalue weighted by Gasteiger charge is 2.50. The van der Waals surface area contributed by atoms with Crippen molar-refractivity contribution < 1.29 is 20.1 Å². The molecule has 2 aromatic heterocycles. The van der Waals surface area contributed by atoms with Gasteiger partial charge in [0, 0.05) is 60.1 Å². The molecule has 1 aliphatic carbocycles. The number of amides is 1. The van der Waals surface area contributed by atoms with Crippen molar-refractivity contribution in [2.45, 2.75) is 24.9 Å². The van der Waals surface area contributed by atoms with Crippen LogP contribution >= 0.6 is 22.9 Å². The van der Waals surface area contributed by atoms with Crippen molar-refractivity contribution in [1.82, 2.24) is 9.88 Å². The molecule has 34 heavy (non-hydrogen) atoms. The van der Waals surface area contributed by atoms with E-state index in [1.54, 1.807) is 28.5 Å². The van der Waals surface area contributed by atoms with Crippen molar-refractivity contribution >= 4 is 28.8 Å². The van der Waals surface area contributed by atoms with Gasteiger partial charge in [0.15, 0.2) is 0 Å². The van der Waals surface area contributed by atoms with E-state index in [9.17, 15) is 20.1 Å². The van der Waals surface area contributed by atoms with Crippen LogP contribution in [-0.4, -0.2) is 63.5 Å². The molecule has 1 saturated carbocycles. The Hall–Kier alpha value is -2.29. The summed E-state index contributed by atoms with van der Waals surface area (Å²) in [6.45, 7) is 1.23. The van der Waals surface area contributed by atoms with Crippen LogP contribution in [0, 0.1) is 11.8 Å². The number of piperidine rings is 1. The first-order valence-electron chi connectivity index (χ1n) is 11.5. The first-order chi connectivity index (χ1) is 16.5. The van der Waals surface area contributed by atoms with E-state index in [0.29, 0.717) is 36.5 Å². The van der Waals surface area contributed by atoms with Gasteiger partial charge in [-0.05, 0) is 71.5 Å². The second-order valence-electron chi connectivity index (χ2n) is 9.11. The monoisotopic (exact) mass is 498 g/mol. The summed E-state index contributed by atoms with van der Waals surface area (Å²) in [7, 11) is 0. The summed E-state index contributed by atoms with van der Waals surface area (Å²) >= 11 is 8.19. The van der Waals surface area contributed by atoms with Crippen molar-refractivity contribution in [3.63, 3.8) is 0 Å². The lowest BCUT2D eigenvalue weighted by molar-refractivity contribution is 0.0546. The van der Waals surface area contributed by atoms with Crippen LogP contribution in [0.4, 0.5) is 0 Å².